The molecule has 11 heteroatoms. The lowest BCUT2D eigenvalue weighted by Gasteiger charge is -2.33. The van der Waals surface area contributed by atoms with Gasteiger partial charge in [0.25, 0.3) is 5.91 Å². The Morgan fingerprint density at radius 1 is 1.06 bits per heavy atom. The van der Waals surface area contributed by atoms with Crippen LogP contribution in [0.1, 0.15) is 27.9 Å². The zero-order chi connectivity index (χ0) is 23.9. The fourth-order valence-corrected chi connectivity index (χ4v) is 4.39. The van der Waals surface area contributed by atoms with Crippen LogP contribution in [0, 0.1) is 6.92 Å². The fraction of sp³-hybridized carbons (Fsp3) is 0.381. The highest BCUT2D eigenvalue weighted by atomic mass is 35.5. The van der Waals surface area contributed by atoms with E-state index in [4.69, 9.17) is 23.2 Å². The second-order valence-corrected chi connectivity index (χ2v) is 8.58. The van der Waals surface area contributed by atoms with Gasteiger partial charge in [0.15, 0.2) is 0 Å². The van der Waals surface area contributed by atoms with Crippen molar-refractivity contribution in [3.63, 3.8) is 0 Å². The average molecular weight is 499 g/mol. The molecule has 0 spiro atoms. The Morgan fingerprint density at radius 2 is 1.69 bits per heavy atom. The van der Waals surface area contributed by atoms with Gasteiger partial charge in [-0.05, 0) is 60.9 Å². The molecular weight excluding hydrogens is 481 g/mol. The first-order chi connectivity index (χ1) is 14.7. The average Bonchev–Trinajstić information content (AvgIpc) is 3.11. The van der Waals surface area contributed by atoms with Crippen molar-refractivity contribution in [3.05, 3.63) is 63.1 Å². The van der Waals surface area contributed by atoms with Crippen LogP contribution in [-0.4, -0.2) is 37.9 Å². The normalized spacial score (nSPS) is 19.3. The zero-order valence-corrected chi connectivity index (χ0v) is 18.2. The quantitative estimate of drug-likeness (QED) is 0.501. The molecule has 3 nitrogen and oxygen atoms in total. The lowest BCUT2D eigenvalue weighted by atomic mass is 9.79. The molecule has 1 unspecified atom stereocenters. The van der Waals surface area contributed by atoms with E-state index < -0.39 is 36.8 Å². The minimum Gasteiger partial charge on any atom is -0.370 e. The Morgan fingerprint density at radius 3 is 2.22 bits per heavy atom. The largest absolute Gasteiger partial charge is 0.405 e. The van der Waals surface area contributed by atoms with Crippen LogP contribution in [0.2, 0.25) is 10.0 Å². The maximum absolute atomic E-state index is 14.2. The van der Waals surface area contributed by atoms with Gasteiger partial charge in [-0.15, -0.1) is 0 Å². The van der Waals surface area contributed by atoms with Gasteiger partial charge in [-0.2, -0.15) is 26.3 Å². The number of carbonyl (C=O) groups is 1. The lowest BCUT2D eigenvalue weighted by Crippen LogP contribution is -2.44. The molecule has 0 aromatic heterocycles. The molecule has 32 heavy (non-hydrogen) atoms. The molecule has 2 aromatic carbocycles. The number of halogens is 8. The summed E-state index contributed by atoms with van der Waals surface area (Å²) >= 11 is 11.9. The maximum Gasteiger partial charge on any atom is 0.405 e. The first-order valence-corrected chi connectivity index (χ1v) is 10.2. The van der Waals surface area contributed by atoms with Gasteiger partial charge in [-0.25, -0.2) is 0 Å². The molecule has 174 valence electrons. The summed E-state index contributed by atoms with van der Waals surface area (Å²) < 4.78 is 79.7. The summed E-state index contributed by atoms with van der Waals surface area (Å²) in [5, 5.41) is 1.98. The van der Waals surface area contributed by atoms with Crippen molar-refractivity contribution < 1.29 is 31.1 Å². The second kappa shape index (κ2) is 8.67. The van der Waals surface area contributed by atoms with Crippen LogP contribution in [0.25, 0.3) is 0 Å². The van der Waals surface area contributed by atoms with Crippen LogP contribution in [0.4, 0.5) is 32.0 Å². The van der Waals surface area contributed by atoms with Crippen LogP contribution in [-0.2, 0) is 5.41 Å². The summed E-state index contributed by atoms with van der Waals surface area (Å²) in [7, 11) is 0. The fourth-order valence-electron chi connectivity index (χ4n) is 3.87. The van der Waals surface area contributed by atoms with E-state index in [1.807, 2.05) is 0 Å². The van der Waals surface area contributed by atoms with Gasteiger partial charge in [0.05, 0.1) is 0 Å². The number of amides is 1. The van der Waals surface area contributed by atoms with Crippen LogP contribution >= 0.6 is 23.2 Å². The molecule has 1 amide bonds. The second-order valence-electron chi connectivity index (χ2n) is 7.71. The highest BCUT2D eigenvalue weighted by Crippen LogP contribution is 2.49. The number of alkyl halides is 6. The molecule has 0 radical (unpaired) electrons. The molecule has 0 bridgehead atoms. The van der Waals surface area contributed by atoms with Crippen molar-refractivity contribution in [2.24, 2.45) is 0 Å². The number of nitrogens with zero attached hydrogens (tertiary/aromatic N) is 1. The summed E-state index contributed by atoms with van der Waals surface area (Å²) in [5.74, 6) is -0.911. The summed E-state index contributed by atoms with van der Waals surface area (Å²) in [6.45, 7) is -0.291. The number of anilines is 1. The van der Waals surface area contributed by atoms with Gasteiger partial charge >= 0.3 is 12.4 Å². The molecule has 0 saturated carbocycles. The Labute approximate surface area is 190 Å². The number of hydrogen-bond acceptors (Lipinski definition) is 2. The summed E-state index contributed by atoms with van der Waals surface area (Å²) in [4.78, 5) is 13.6. The third-order valence-corrected chi connectivity index (χ3v) is 5.93. The van der Waals surface area contributed by atoms with E-state index in [9.17, 15) is 31.1 Å². The summed E-state index contributed by atoms with van der Waals surface area (Å²) in [6, 6.07) is 8.08. The number of nitrogens with one attached hydrogen (secondary N) is 1. The molecular formula is C21H18Cl2F6N2O. The summed E-state index contributed by atoms with van der Waals surface area (Å²) in [6.07, 6.45) is -9.37. The SMILES string of the molecule is Cc1cc(N2CCC(c3cc(Cl)cc(Cl)c3)(C(F)(F)F)C2)ccc1C(=O)NCC(F)(F)F. The van der Waals surface area contributed by atoms with E-state index in [-0.39, 0.29) is 34.1 Å². The molecule has 1 aliphatic rings. The number of benzene rings is 2. The predicted molar refractivity (Wildman–Crippen MR) is 111 cm³/mol. The monoisotopic (exact) mass is 498 g/mol. The topological polar surface area (TPSA) is 32.3 Å². The van der Waals surface area contributed by atoms with Crippen LogP contribution in [0.15, 0.2) is 36.4 Å². The van der Waals surface area contributed by atoms with Crippen molar-refractivity contribution in [2.45, 2.75) is 31.1 Å². The van der Waals surface area contributed by atoms with Gasteiger partial charge < -0.3 is 10.2 Å². The van der Waals surface area contributed by atoms with E-state index >= 15 is 0 Å². The predicted octanol–water partition coefficient (Wildman–Crippen LogP) is 6.30. The van der Waals surface area contributed by atoms with Gasteiger partial charge in [0.1, 0.15) is 12.0 Å². The van der Waals surface area contributed by atoms with Gasteiger partial charge in [-0.1, -0.05) is 23.2 Å². The lowest BCUT2D eigenvalue weighted by molar-refractivity contribution is -0.184. The molecule has 1 fully saturated rings. The van der Waals surface area contributed by atoms with Crippen molar-refractivity contribution in [1.82, 2.24) is 5.32 Å². The third-order valence-electron chi connectivity index (χ3n) is 5.50. The number of rotatable bonds is 4. The van der Waals surface area contributed by atoms with Crippen molar-refractivity contribution in [1.29, 1.82) is 0 Å². The van der Waals surface area contributed by atoms with Crippen molar-refractivity contribution >= 4 is 34.8 Å². The number of carbonyl (C=O) groups excluding carboxylic acids is 1. The molecule has 1 heterocycles. The van der Waals surface area contributed by atoms with E-state index in [2.05, 4.69) is 0 Å². The zero-order valence-electron chi connectivity index (χ0n) is 16.7. The van der Waals surface area contributed by atoms with E-state index in [1.54, 1.807) is 5.32 Å². The third kappa shape index (κ3) is 5.09. The minimum atomic E-state index is -4.58. The molecule has 0 aliphatic carbocycles. The standard InChI is InChI=1S/C21H18Cl2F6N2O/c1-12-6-16(2-3-17(12)18(32)30-10-20(24,25)26)31-5-4-19(11-31,21(27,28)29)13-7-14(22)9-15(23)8-13/h2-3,6-9H,4-5,10-11H2,1H3,(H,30,32). The van der Waals surface area contributed by atoms with Gasteiger partial charge in [-0.3, -0.25) is 4.79 Å². The smallest absolute Gasteiger partial charge is 0.370 e. The first-order valence-electron chi connectivity index (χ1n) is 9.46. The van der Waals surface area contributed by atoms with Crippen LogP contribution in [0.3, 0.4) is 0 Å². The molecule has 2 aromatic rings. The molecule has 3 rings (SSSR count). The van der Waals surface area contributed by atoms with E-state index in [1.165, 1.54) is 48.2 Å². The molecule has 1 aliphatic heterocycles. The number of aryl methyl sites for hydroxylation is 1. The number of hydrogen-bond donors (Lipinski definition) is 1. The molecule has 1 atom stereocenters. The Bertz CT molecular complexity index is 1000. The Balaban J connectivity index is 1.87. The van der Waals surface area contributed by atoms with Crippen LogP contribution < -0.4 is 10.2 Å². The highest BCUT2D eigenvalue weighted by molar-refractivity contribution is 6.34. The van der Waals surface area contributed by atoms with Crippen LogP contribution in [0.5, 0.6) is 0 Å². The van der Waals surface area contributed by atoms with E-state index in [0.29, 0.717) is 11.3 Å². The maximum atomic E-state index is 14.2. The summed E-state index contributed by atoms with van der Waals surface area (Å²) in [5.41, 5.74) is -1.45. The van der Waals surface area contributed by atoms with E-state index in [0.717, 1.165) is 0 Å². The van der Waals surface area contributed by atoms with Crippen molar-refractivity contribution in [3.8, 4) is 0 Å². The Kier molecular flexibility index (Phi) is 6.64. The van der Waals surface area contributed by atoms with Gasteiger partial charge in [0.2, 0.25) is 0 Å². The molecule has 1 N–H and O–H groups in total. The first kappa shape index (κ1) is 24.5. The van der Waals surface area contributed by atoms with Crippen molar-refractivity contribution in [2.75, 3.05) is 24.5 Å². The molecule has 1 saturated heterocycles. The minimum absolute atomic E-state index is 0.0147. The Hall–Kier alpha value is -2.13. The van der Waals surface area contributed by atoms with Gasteiger partial charge in [0, 0.05) is 34.4 Å². The highest BCUT2D eigenvalue weighted by Gasteiger charge is 2.59.